The number of methoxy groups -OCH3 is 1. The van der Waals surface area contributed by atoms with E-state index in [0.29, 0.717) is 6.54 Å². The van der Waals surface area contributed by atoms with Gasteiger partial charge in [0.15, 0.2) is 5.96 Å². The summed E-state index contributed by atoms with van der Waals surface area (Å²) in [6.07, 6.45) is 4.25. The van der Waals surface area contributed by atoms with Crippen LogP contribution >= 0.6 is 35.7 Å². The minimum Gasteiger partial charge on any atom is -0.469 e. The topological polar surface area (TPSA) is 63.2 Å². The Morgan fingerprint density at radius 3 is 2.64 bits per heavy atom. The maximum atomic E-state index is 11.9. The molecule has 0 aromatic rings. The number of nitrogens with one attached hydrogen (secondary N) is 1. The second kappa shape index (κ2) is 10.8. The lowest BCUT2D eigenvalue weighted by Gasteiger charge is -2.34. The summed E-state index contributed by atoms with van der Waals surface area (Å²) >= 11 is 1.90. The quantitative estimate of drug-likeness (QED) is 0.279. The van der Waals surface area contributed by atoms with Crippen LogP contribution < -0.4 is 5.32 Å². The summed E-state index contributed by atoms with van der Waals surface area (Å²) < 4.78 is 10.6. The molecule has 2 aliphatic rings. The summed E-state index contributed by atoms with van der Waals surface area (Å²) in [6, 6.07) is 0. The second-order valence-corrected chi connectivity index (χ2v) is 7.96. The van der Waals surface area contributed by atoms with Crippen molar-refractivity contribution < 1.29 is 14.3 Å². The number of esters is 1. The van der Waals surface area contributed by atoms with E-state index in [1.165, 1.54) is 7.11 Å². The van der Waals surface area contributed by atoms with Crippen LogP contribution in [0.3, 0.4) is 0 Å². The van der Waals surface area contributed by atoms with Gasteiger partial charge < -0.3 is 19.7 Å². The van der Waals surface area contributed by atoms with Gasteiger partial charge in [0.2, 0.25) is 0 Å². The van der Waals surface area contributed by atoms with Gasteiger partial charge in [0.05, 0.1) is 19.6 Å². The molecule has 0 radical (unpaired) electrons. The number of halogens is 1. The monoisotopic (exact) mass is 485 g/mol. The maximum Gasteiger partial charge on any atom is 0.310 e. The summed E-state index contributed by atoms with van der Waals surface area (Å²) in [5.41, 5.74) is 0. The van der Waals surface area contributed by atoms with Crippen molar-refractivity contribution in [1.82, 2.24) is 10.2 Å². The van der Waals surface area contributed by atoms with Gasteiger partial charge in [-0.1, -0.05) is 6.92 Å². The van der Waals surface area contributed by atoms with E-state index in [1.54, 1.807) is 0 Å². The standard InChI is InChI=1S/C17H31N3O3S.HI/c1-5-18-16(19-12-17(24-4)6-8-23-9-7-17)20-10-13(2)14(11-20)15(21)22-3;/h13-14H,5-12H2,1-4H3,(H,18,19);1H. The van der Waals surface area contributed by atoms with Crippen molar-refractivity contribution in [3.05, 3.63) is 0 Å². The van der Waals surface area contributed by atoms with E-state index in [0.717, 1.165) is 51.6 Å². The average molecular weight is 485 g/mol. The molecule has 2 aliphatic heterocycles. The Bertz CT molecular complexity index is 458. The summed E-state index contributed by atoms with van der Waals surface area (Å²) in [5.74, 6) is 0.997. The van der Waals surface area contributed by atoms with Crippen LogP contribution in [0, 0.1) is 11.8 Å². The van der Waals surface area contributed by atoms with Crippen LogP contribution in [-0.2, 0) is 14.3 Å². The Morgan fingerprint density at radius 1 is 1.40 bits per heavy atom. The van der Waals surface area contributed by atoms with Gasteiger partial charge in [0, 0.05) is 37.6 Å². The van der Waals surface area contributed by atoms with Crippen LogP contribution in [0.25, 0.3) is 0 Å². The normalized spacial score (nSPS) is 26.1. The lowest BCUT2D eigenvalue weighted by Crippen LogP contribution is -2.43. The molecule has 1 N–H and O–H groups in total. The van der Waals surface area contributed by atoms with Crippen LogP contribution in [-0.4, -0.2) is 74.3 Å². The average Bonchev–Trinajstić information content (AvgIpc) is 3.00. The third kappa shape index (κ3) is 5.89. The fourth-order valence-electron chi connectivity index (χ4n) is 3.41. The summed E-state index contributed by atoms with van der Waals surface area (Å²) in [6.45, 7) is 8.93. The number of carbonyl (C=O) groups excluding carboxylic acids is 1. The zero-order chi connectivity index (χ0) is 17.6. The number of hydrogen-bond acceptors (Lipinski definition) is 5. The van der Waals surface area contributed by atoms with Crippen LogP contribution in [0.5, 0.6) is 0 Å². The van der Waals surface area contributed by atoms with Crippen molar-refractivity contribution in [2.45, 2.75) is 31.4 Å². The van der Waals surface area contributed by atoms with Crippen LogP contribution in [0.15, 0.2) is 4.99 Å². The molecular weight excluding hydrogens is 453 g/mol. The Balaban J connectivity index is 0.00000312. The second-order valence-electron chi connectivity index (χ2n) is 6.68. The number of aliphatic imine (C=N–C) groups is 1. The molecular formula is C17H32IN3O3S. The molecule has 0 aromatic heterocycles. The highest BCUT2D eigenvalue weighted by atomic mass is 127. The number of ether oxygens (including phenoxy) is 2. The summed E-state index contributed by atoms with van der Waals surface area (Å²) in [4.78, 5) is 19.0. The molecule has 2 unspecified atom stereocenters. The van der Waals surface area contributed by atoms with Gasteiger partial charge in [0.25, 0.3) is 0 Å². The molecule has 0 amide bonds. The Morgan fingerprint density at radius 2 is 2.08 bits per heavy atom. The zero-order valence-electron chi connectivity index (χ0n) is 15.7. The fourth-order valence-corrected chi connectivity index (χ4v) is 4.18. The largest absolute Gasteiger partial charge is 0.469 e. The van der Waals surface area contributed by atoms with Gasteiger partial charge in [-0.05, 0) is 31.9 Å². The van der Waals surface area contributed by atoms with E-state index >= 15 is 0 Å². The number of carbonyl (C=O) groups is 1. The zero-order valence-corrected chi connectivity index (χ0v) is 18.9. The van der Waals surface area contributed by atoms with Crippen molar-refractivity contribution >= 4 is 47.7 Å². The molecule has 0 aliphatic carbocycles. The summed E-state index contributed by atoms with van der Waals surface area (Å²) in [7, 11) is 1.46. The molecule has 0 aromatic carbocycles. The number of likely N-dealkylation sites (tertiary alicyclic amines) is 1. The Labute approximate surface area is 172 Å². The first-order valence-corrected chi connectivity index (χ1v) is 10.0. The van der Waals surface area contributed by atoms with Gasteiger partial charge in [-0.25, -0.2) is 0 Å². The predicted molar refractivity (Wildman–Crippen MR) is 114 cm³/mol. The van der Waals surface area contributed by atoms with Crippen molar-refractivity contribution in [2.24, 2.45) is 16.8 Å². The van der Waals surface area contributed by atoms with Gasteiger partial charge in [-0.3, -0.25) is 9.79 Å². The highest BCUT2D eigenvalue weighted by Gasteiger charge is 2.37. The third-order valence-corrected chi connectivity index (χ3v) is 6.51. The lowest BCUT2D eigenvalue weighted by atomic mass is 9.99. The Kier molecular flexibility index (Phi) is 9.87. The van der Waals surface area contributed by atoms with Crippen molar-refractivity contribution in [3.8, 4) is 0 Å². The van der Waals surface area contributed by atoms with E-state index in [-0.39, 0.29) is 46.5 Å². The minimum absolute atomic E-state index is 0. The number of thioether (sulfide) groups is 1. The summed E-state index contributed by atoms with van der Waals surface area (Å²) in [5, 5.41) is 3.39. The van der Waals surface area contributed by atoms with E-state index in [4.69, 9.17) is 14.5 Å². The molecule has 6 nitrogen and oxygen atoms in total. The van der Waals surface area contributed by atoms with Crippen LogP contribution in [0.2, 0.25) is 0 Å². The molecule has 0 bridgehead atoms. The molecule has 2 fully saturated rings. The van der Waals surface area contributed by atoms with Crippen molar-refractivity contribution in [2.75, 3.05) is 52.8 Å². The molecule has 25 heavy (non-hydrogen) atoms. The molecule has 2 heterocycles. The van der Waals surface area contributed by atoms with Gasteiger partial charge in [0.1, 0.15) is 0 Å². The van der Waals surface area contributed by atoms with Gasteiger partial charge in [-0.2, -0.15) is 11.8 Å². The fraction of sp³-hybridized carbons (Fsp3) is 0.882. The number of hydrogen-bond donors (Lipinski definition) is 1. The Hall–Kier alpha value is -0.220. The van der Waals surface area contributed by atoms with Gasteiger partial charge in [-0.15, -0.1) is 24.0 Å². The first-order valence-electron chi connectivity index (χ1n) is 8.79. The predicted octanol–water partition coefficient (Wildman–Crippen LogP) is 2.22. The van der Waals surface area contributed by atoms with E-state index in [9.17, 15) is 4.79 Å². The van der Waals surface area contributed by atoms with E-state index in [2.05, 4.69) is 30.3 Å². The molecule has 2 atom stereocenters. The molecule has 0 spiro atoms. The minimum atomic E-state index is -0.120. The first-order chi connectivity index (χ1) is 11.5. The van der Waals surface area contributed by atoms with Crippen LogP contribution in [0.1, 0.15) is 26.7 Å². The van der Waals surface area contributed by atoms with Gasteiger partial charge >= 0.3 is 5.97 Å². The third-order valence-electron chi connectivity index (χ3n) is 5.10. The van der Waals surface area contributed by atoms with Crippen molar-refractivity contribution in [3.63, 3.8) is 0 Å². The molecule has 2 saturated heterocycles. The van der Waals surface area contributed by atoms with E-state index < -0.39 is 0 Å². The molecule has 8 heteroatoms. The molecule has 0 saturated carbocycles. The van der Waals surface area contributed by atoms with Crippen LogP contribution in [0.4, 0.5) is 0 Å². The highest BCUT2D eigenvalue weighted by molar-refractivity contribution is 14.0. The highest BCUT2D eigenvalue weighted by Crippen LogP contribution is 2.34. The molecule has 146 valence electrons. The lowest BCUT2D eigenvalue weighted by molar-refractivity contribution is -0.145. The van der Waals surface area contributed by atoms with E-state index in [1.807, 2.05) is 11.8 Å². The maximum absolute atomic E-state index is 11.9. The SMILES string of the molecule is CCNC(=NCC1(SC)CCOCC1)N1CC(C)C(C(=O)OC)C1.I. The molecule has 2 rings (SSSR count). The number of guanidine groups is 1. The smallest absolute Gasteiger partial charge is 0.310 e. The van der Waals surface area contributed by atoms with Crippen molar-refractivity contribution in [1.29, 1.82) is 0 Å². The number of rotatable bonds is 5. The first kappa shape index (κ1) is 22.8. The number of nitrogens with zero attached hydrogens (tertiary/aromatic N) is 2.